The smallest absolute Gasteiger partial charge is 0.303 e. The normalized spacial score (nSPS) is 13.0. The number of rotatable bonds is 9. The highest BCUT2D eigenvalue weighted by atomic mass is 16.6. The van der Waals surface area contributed by atoms with Crippen LogP contribution < -0.4 is 5.32 Å². The van der Waals surface area contributed by atoms with Gasteiger partial charge in [0.05, 0.1) is 6.54 Å². The van der Waals surface area contributed by atoms with Crippen LogP contribution in [-0.4, -0.2) is 49.8 Å². The third-order valence-electron chi connectivity index (χ3n) is 2.25. The Morgan fingerprint density at radius 2 is 1.77 bits per heavy atom. The third-order valence-corrected chi connectivity index (χ3v) is 2.25. The highest BCUT2D eigenvalue weighted by Gasteiger charge is 2.26. The molecule has 0 fully saturated rings. The summed E-state index contributed by atoms with van der Waals surface area (Å²) in [4.78, 5) is 33.2. The van der Waals surface area contributed by atoms with Crippen LogP contribution in [0.3, 0.4) is 0 Å². The Labute approximate surface area is 130 Å². The van der Waals surface area contributed by atoms with Gasteiger partial charge in [-0.1, -0.05) is 12.0 Å². The highest BCUT2D eigenvalue weighted by Crippen LogP contribution is 2.09. The number of nitrogens with one attached hydrogen (secondary N) is 1. The first-order chi connectivity index (χ1) is 10.4. The van der Waals surface area contributed by atoms with Gasteiger partial charge >= 0.3 is 17.9 Å². The van der Waals surface area contributed by atoms with Gasteiger partial charge in [-0.3, -0.25) is 14.4 Å². The predicted octanol–water partition coefficient (Wildman–Crippen LogP) is 0.192. The van der Waals surface area contributed by atoms with E-state index in [0.717, 1.165) is 0 Å². The summed E-state index contributed by atoms with van der Waals surface area (Å²) in [5.41, 5.74) is 0. The molecule has 0 aliphatic heterocycles. The lowest BCUT2D eigenvalue weighted by molar-refractivity contribution is -0.169. The van der Waals surface area contributed by atoms with Gasteiger partial charge < -0.3 is 19.5 Å². The molecule has 1 N–H and O–H groups in total. The average molecular weight is 311 g/mol. The first-order valence-electron chi connectivity index (χ1n) is 6.65. The van der Waals surface area contributed by atoms with Crippen LogP contribution in [-0.2, 0) is 28.6 Å². The van der Waals surface area contributed by atoms with Crippen LogP contribution in [0, 0.1) is 12.3 Å². The molecule has 0 bridgehead atoms. The van der Waals surface area contributed by atoms with E-state index in [9.17, 15) is 14.4 Å². The molecule has 0 aliphatic carbocycles. The lowest BCUT2D eigenvalue weighted by atomic mass is 10.2. The van der Waals surface area contributed by atoms with Crippen molar-refractivity contribution in [2.45, 2.75) is 33.0 Å². The Morgan fingerprint density at radius 1 is 1.14 bits per heavy atom. The second kappa shape index (κ2) is 11.3. The molecule has 0 radical (unpaired) electrons. The average Bonchev–Trinajstić information content (AvgIpc) is 2.41. The van der Waals surface area contributed by atoms with E-state index in [1.54, 1.807) is 12.2 Å². The topological polar surface area (TPSA) is 90.9 Å². The van der Waals surface area contributed by atoms with Gasteiger partial charge in [-0.15, -0.1) is 6.42 Å². The van der Waals surface area contributed by atoms with Gasteiger partial charge in [0.25, 0.3) is 0 Å². The van der Waals surface area contributed by atoms with Crippen molar-refractivity contribution >= 4 is 17.9 Å². The SMILES string of the molecule is C#CCNC/C=C/[C@@H](OC(C)=O)[C@H](COC(C)=O)OC(C)=O. The van der Waals surface area contributed by atoms with Gasteiger partial charge in [-0.2, -0.15) is 0 Å². The molecule has 2 atom stereocenters. The fourth-order valence-corrected chi connectivity index (χ4v) is 1.47. The molecular formula is C15H21NO6. The van der Waals surface area contributed by atoms with Crippen molar-refractivity contribution in [3.05, 3.63) is 12.2 Å². The number of carbonyl (C=O) groups excluding carboxylic acids is 3. The van der Waals surface area contributed by atoms with Crippen molar-refractivity contribution in [1.29, 1.82) is 0 Å². The summed E-state index contributed by atoms with van der Waals surface area (Å²) in [6, 6.07) is 0. The Morgan fingerprint density at radius 3 is 2.27 bits per heavy atom. The molecule has 7 heteroatoms. The van der Waals surface area contributed by atoms with E-state index in [1.807, 2.05) is 0 Å². The zero-order chi connectivity index (χ0) is 17.0. The first-order valence-corrected chi connectivity index (χ1v) is 6.65. The molecular weight excluding hydrogens is 290 g/mol. The zero-order valence-corrected chi connectivity index (χ0v) is 13.0. The zero-order valence-electron chi connectivity index (χ0n) is 13.0. The van der Waals surface area contributed by atoms with Crippen LogP contribution in [0.1, 0.15) is 20.8 Å². The minimum Gasteiger partial charge on any atom is -0.462 e. The summed E-state index contributed by atoms with van der Waals surface area (Å²) in [5, 5.41) is 2.92. The van der Waals surface area contributed by atoms with Crippen LogP contribution in [0.15, 0.2) is 12.2 Å². The molecule has 0 heterocycles. The molecule has 0 rings (SSSR count). The highest BCUT2D eigenvalue weighted by molar-refractivity contribution is 5.68. The van der Waals surface area contributed by atoms with E-state index in [1.165, 1.54) is 20.8 Å². The molecule has 122 valence electrons. The van der Waals surface area contributed by atoms with Gasteiger partial charge in [-0.25, -0.2) is 0 Å². The number of terminal acetylenes is 1. The summed E-state index contributed by atoms with van der Waals surface area (Å²) in [6.07, 6.45) is 6.53. The van der Waals surface area contributed by atoms with Crippen molar-refractivity contribution in [2.75, 3.05) is 19.7 Å². The standard InChI is InChI=1S/C15H21NO6/c1-5-8-16-9-6-7-14(21-12(3)18)15(22-13(4)19)10-20-11(2)17/h1,6-7,14-16H,8-10H2,2-4H3/b7-6+/t14-,15+/m1/s1. The summed E-state index contributed by atoms with van der Waals surface area (Å²) in [7, 11) is 0. The Balaban J connectivity index is 4.85. The Hall–Kier alpha value is -2.33. The molecule has 0 saturated carbocycles. The van der Waals surface area contributed by atoms with Crippen LogP contribution in [0.2, 0.25) is 0 Å². The Kier molecular flexibility index (Phi) is 10.1. The van der Waals surface area contributed by atoms with Gasteiger partial charge in [0.2, 0.25) is 0 Å². The number of hydrogen-bond acceptors (Lipinski definition) is 7. The summed E-state index contributed by atoms with van der Waals surface area (Å²) in [6.45, 7) is 4.30. The van der Waals surface area contributed by atoms with E-state index in [4.69, 9.17) is 20.6 Å². The minimum atomic E-state index is -0.922. The fraction of sp³-hybridized carbons (Fsp3) is 0.533. The second-order valence-corrected chi connectivity index (χ2v) is 4.29. The van der Waals surface area contributed by atoms with Gasteiger partial charge in [0, 0.05) is 27.3 Å². The van der Waals surface area contributed by atoms with E-state index in [2.05, 4.69) is 11.2 Å². The minimum absolute atomic E-state index is 0.213. The van der Waals surface area contributed by atoms with Crippen LogP contribution >= 0.6 is 0 Å². The quantitative estimate of drug-likeness (QED) is 0.214. The van der Waals surface area contributed by atoms with E-state index >= 15 is 0 Å². The largest absolute Gasteiger partial charge is 0.462 e. The number of hydrogen-bond donors (Lipinski definition) is 1. The van der Waals surface area contributed by atoms with Crippen LogP contribution in [0.4, 0.5) is 0 Å². The van der Waals surface area contributed by atoms with Crippen molar-refractivity contribution < 1.29 is 28.6 Å². The Bertz CT molecular complexity index is 451. The summed E-state index contributed by atoms with van der Waals surface area (Å²) < 4.78 is 15.0. The van der Waals surface area contributed by atoms with Crippen molar-refractivity contribution in [1.82, 2.24) is 5.32 Å². The maximum Gasteiger partial charge on any atom is 0.303 e. The maximum absolute atomic E-state index is 11.2. The summed E-state index contributed by atoms with van der Waals surface area (Å²) in [5.74, 6) is 0.758. The number of carbonyl (C=O) groups is 3. The van der Waals surface area contributed by atoms with E-state index < -0.39 is 30.1 Å². The third kappa shape index (κ3) is 10.5. The lowest BCUT2D eigenvalue weighted by Gasteiger charge is -2.23. The van der Waals surface area contributed by atoms with Gasteiger partial charge in [-0.05, 0) is 6.08 Å². The van der Waals surface area contributed by atoms with Crippen molar-refractivity contribution in [3.63, 3.8) is 0 Å². The van der Waals surface area contributed by atoms with Gasteiger partial charge in [0.15, 0.2) is 12.2 Å². The molecule has 7 nitrogen and oxygen atoms in total. The molecule has 22 heavy (non-hydrogen) atoms. The van der Waals surface area contributed by atoms with Crippen molar-refractivity contribution in [3.8, 4) is 12.3 Å². The maximum atomic E-state index is 11.2. The van der Waals surface area contributed by atoms with Crippen molar-refractivity contribution in [2.24, 2.45) is 0 Å². The van der Waals surface area contributed by atoms with Gasteiger partial charge in [0.1, 0.15) is 6.61 Å². The van der Waals surface area contributed by atoms with Crippen LogP contribution in [0.5, 0.6) is 0 Å². The molecule has 0 unspecified atom stereocenters. The van der Waals surface area contributed by atoms with E-state index in [-0.39, 0.29) is 6.61 Å². The number of esters is 3. The lowest BCUT2D eigenvalue weighted by Crippen LogP contribution is -2.37. The second-order valence-electron chi connectivity index (χ2n) is 4.29. The molecule has 0 aromatic heterocycles. The molecule has 0 saturated heterocycles. The molecule has 0 aliphatic rings. The molecule has 0 spiro atoms. The predicted molar refractivity (Wildman–Crippen MR) is 78.6 cm³/mol. The first kappa shape index (κ1) is 19.7. The van der Waals surface area contributed by atoms with E-state index in [0.29, 0.717) is 13.1 Å². The monoisotopic (exact) mass is 311 g/mol. The number of ether oxygens (including phenoxy) is 3. The van der Waals surface area contributed by atoms with Crippen LogP contribution in [0.25, 0.3) is 0 Å². The molecule has 0 amide bonds. The summed E-state index contributed by atoms with van der Waals surface area (Å²) >= 11 is 0. The molecule has 0 aromatic carbocycles. The fourth-order valence-electron chi connectivity index (χ4n) is 1.47. The molecule has 0 aromatic rings.